The van der Waals surface area contributed by atoms with Gasteiger partial charge in [0.15, 0.2) is 11.6 Å². The van der Waals surface area contributed by atoms with Crippen LogP contribution < -0.4 is 10.2 Å². The molecule has 38 heavy (non-hydrogen) atoms. The van der Waals surface area contributed by atoms with Crippen molar-refractivity contribution >= 4 is 22.6 Å². The molecule has 0 saturated heterocycles. The first-order valence-corrected chi connectivity index (χ1v) is 12.9. The van der Waals surface area contributed by atoms with Crippen molar-refractivity contribution in [2.75, 3.05) is 11.4 Å². The molecule has 2 heterocycles. The van der Waals surface area contributed by atoms with Gasteiger partial charge >= 0.3 is 6.18 Å². The second-order valence-electron chi connectivity index (χ2n) is 9.58. The number of nitrogens with one attached hydrogen (secondary N) is 1. The number of carbonyl (C=O) groups excluding carboxylic acids is 1. The van der Waals surface area contributed by atoms with Crippen molar-refractivity contribution in [2.24, 2.45) is 0 Å². The number of amides is 1. The smallest absolute Gasteiger partial charge is 0.416 e. The van der Waals surface area contributed by atoms with E-state index >= 15 is 0 Å². The van der Waals surface area contributed by atoms with Crippen LogP contribution in [-0.2, 0) is 17.5 Å². The lowest BCUT2D eigenvalue weighted by Crippen LogP contribution is -2.40. The highest BCUT2D eigenvalue weighted by atomic mass is 19.4. The van der Waals surface area contributed by atoms with E-state index in [2.05, 4.69) is 10.2 Å². The average Bonchev–Trinajstić information content (AvgIpc) is 3.47. The maximum Gasteiger partial charge on any atom is 0.416 e. The molecule has 0 spiro atoms. The minimum atomic E-state index is -4.42. The second-order valence-corrected chi connectivity index (χ2v) is 9.58. The molecule has 1 fully saturated rings. The molecule has 2 aromatic heterocycles. The minimum Gasteiger partial charge on any atom is -0.461 e. The molecule has 1 aliphatic rings. The summed E-state index contributed by atoms with van der Waals surface area (Å²) in [6.07, 6.45) is 2.75. The Labute approximate surface area is 218 Å². The van der Waals surface area contributed by atoms with Crippen LogP contribution in [0.1, 0.15) is 49.7 Å². The Morgan fingerprint density at radius 1 is 1.00 bits per heavy atom. The zero-order chi connectivity index (χ0) is 26.5. The highest BCUT2D eigenvalue weighted by molar-refractivity contribution is 5.91. The van der Waals surface area contributed by atoms with E-state index in [0.717, 1.165) is 54.5 Å². The minimum absolute atomic E-state index is 0.0330. The SMILES string of the molecule is O=C(CCN(c1nc(-c2ccco2)nc2ccccc12)C1CCCCC1)NCc1cccc(C(F)(F)F)c1. The van der Waals surface area contributed by atoms with Crippen LogP contribution in [0.3, 0.4) is 0 Å². The molecule has 0 bridgehead atoms. The monoisotopic (exact) mass is 522 g/mol. The van der Waals surface area contributed by atoms with Gasteiger partial charge in [0.2, 0.25) is 5.91 Å². The predicted molar refractivity (Wildman–Crippen MR) is 139 cm³/mol. The molecule has 0 atom stereocenters. The van der Waals surface area contributed by atoms with Gasteiger partial charge in [-0.25, -0.2) is 9.97 Å². The molecule has 4 aromatic rings. The largest absolute Gasteiger partial charge is 0.461 e. The van der Waals surface area contributed by atoms with Crippen LogP contribution in [0, 0.1) is 0 Å². The molecule has 0 radical (unpaired) electrons. The van der Waals surface area contributed by atoms with Crippen molar-refractivity contribution in [3.8, 4) is 11.6 Å². The summed E-state index contributed by atoms with van der Waals surface area (Å²) >= 11 is 0. The van der Waals surface area contributed by atoms with Gasteiger partial charge in [0.25, 0.3) is 0 Å². The van der Waals surface area contributed by atoms with E-state index in [4.69, 9.17) is 14.4 Å². The molecular weight excluding hydrogens is 493 g/mol. The summed E-state index contributed by atoms with van der Waals surface area (Å²) in [6, 6.07) is 16.7. The van der Waals surface area contributed by atoms with Crippen molar-refractivity contribution in [3.05, 3.63) is 78.1 Å². The molecule has 0 unspecified atom stereocenters. The summed E-state index contributed by atoms with van der Waals surface area (Å²) in [7, 11) is 0. The zero-order valence-electron chi connectivity index (χ0n) is 20.9. The van der Waals surface area contributed by atoms with Crippen molar-refractivity contribution in [3.63, 3.8) is 0 Å². The molecule has 5 rings (SSSR count). The number of aromatic nitrogens is 2. The average molecular weight is 523 g/mol. The molecule has 9 heteroatoms. The summed E-state index contributed by atoms with van der Waals surface area (Å²) in [5.41, 5.74) is 0.469. The van der Waals surface area contributed by atoms with Crippen molar-refractivity contribution in [1.29, 1.82) is 0 Å². The summed E-state index contributed by atoms with van der Waals surface area (Å²) in [5, 5.41) is 3.68. The fraction of sp³-hybridized carbons (Fsp3) is 0.345. The van der Waals surface area contributed by atoms with Gasteiger partial charge in [0.05, 0.1) is 17.3 Å². The quantitative estimate of drug-likeness (QED) is 0.277. The predicted octanol–water partition coefficient (Wildman–Crippen LogP) is 6.75. The fourth-order valence-corrected chi connectivity index (χ4v) is 5.02. The van der Waals surface area contributed by atoms with Gasteiger partial charge in [-0.1, -0.05) is 43.5 Å². The molecular formula is C29H29F3N4O2. The first kappa shape index (κ1) is 25.8. The highest BCUT2D eigenvalue weighted by Gasteiger charge is 2.30. The summed E-state index contributed by atoms with van der Waals surface area (Å²) in [6.45, 7) is 0.461. The molecule has 1 amide bonds. The van der Waals surface area contributed by atoms with Gasteiger partial charge in [0.1, 0.15) is 5.82 Å². The number of halogens is 3. The lowest BCUT2D eigenvalue weighted by molar-refractivity contribution is -0.137. The molecule has 0 aliphatic heterocycles. The van der Waals surface area contributed by atoms with Crippen LogP contribution in [0.4, 0.5) is 19.0 Å². The number of rotatable bonds is 8. The van der Waals surface area contributed by atoms with Crippen LogP contribution >= 0.6 is 0 Å². The number of nitrogens with zero attached hydrogens (tertiary/aromatic N) is 3. The van der Waals surface area contributed by atoms with E-state index < -0.39 is 11.7 Å². The first-order valence-electron chi connectivity index (χ1n) is 12.9. The Balaban J connectivity index is 1.37. The summed E-state index contributed by atoms with van der Waals surface area (Å²) in [5.74, 6) is 1.59. The maximum absolute atomic E-state index is 13.0. The van der Waals surface area contributed by atoms with E-state index in [9.17, 15) is 18.0 Å². The number of anilines is 1. The third kappa shape index (κ3) is 5.98. The molecule has 2 aromatic carbocycles. The van der Waals surface area contributed by atoms with Crippen LogP contribution in [0.5, 0.6) is 0 Å². The molecule has 6 nitrogen and oxygen atoms in total. The van der Waals surface area contributed by atoms with Crippen LogP contribution in [0.2, 0.25) is 0 Å². The van der Waals surface area contributed by atoms with E-state index in [-0.39, 0.29) is 24.9 Å². The molecule has 1 N–H and O–H groups in total. The molecule has 198 valence electrons. The van der Waals surface area contributed by atoms with Gasteiger partial charge in [0, 0.05) is 30.9 Å². The number of fused-ring (bicyclic) bond motifs is 1. The van der Waals surface area contributed by atoms with E-state index in [1.54, 1.807) is 18.4 Å². The first-order chi connectivity index (χ1) is 18.4. The van der Waals surface area contributed by atoms with Gasteiger partial charge in [-0.05, 0) is 54.8 Å². The van der Waals surface area contributed by atoms with E-state index in [1.807, 2.05) is 30.3 Å². The van der Waals surface area contributed by atoms with Gasteiger partial charge in [-0.3, -0.25) is 4.79 Å². The van der Waals surface area contributed by atoms with Crippen molar-refractivity contribution in [2.45, 2.75) is 57.3 Å². The number of hydrogen-bond acceptors (Lipinski definition) is 5. The number of benzene rings is 2. The van der Waals surface area contributed by atoms with Gasteiger partial charge in [-0.2, -0.15) is 13.2 Å². The maximum atomic E-state index is 13.0. The Hall–Kier alpha value is -3.88. The number of para-hydroxylation sites is 1. The summed E-state index contributed by atoms with van der Waals surface area (Å²) < 4.78 is 44.7. The third-order valence-corrected chi connectivity index (χ3v) is 6.94. The number of alkyl halides is 3. The standard InChI is InChI=1S/C29H29F3N4O2/c30-29(31,32)21-9-6-8-20(18-21)19-33-26(37)15-16-36(22-10-2-1-3-11-22)28-23-12-4-5-13-24(23)34-27(35-28)25-14-7-17-38-25/h4-9,12-14,17-18,22H,1-3,10-11,15-16,19H2,(H,33,37). The Bertz CT molecular complexity index is 1380. The zero-order valence-corrected chi connectivity index (χ0v) is 20.9. The fourth-order valence-electron chi connectivity index (χ4n) is 5.02. The van der Waals surface area contributed by atoms with Crippen molar-refractivity contribution < 1.29 is 22.4 Å². The number of hydrogen-bond donors (Lipinski definition) is 1. The molecule has 1 saturated carbocycles. The van der Waals surface area contributed by atoms with E-state index in [0.29, 0.717) is 23.7 Å². The Kier molecular flexibility index (Phi) is 7.62. The van der Waals surface area contributed by atoms with Crippen LogP contribution in [0.15, 0.2) is 71.3 Å². The molecule has 1 aliphatic carbocycles. The lowest BCUT2D eigenvalue weighted by Gasteiger charge is -2.36. The lowest BCUT2D eigenvalue weighted by atomic mass is 9.93. The summed E-state index contributed by atoms with van der Waals surface area (Å²) in [4.78, 5) is 24.6. The van der Waals surface area contributed by atoms with E-state index in [1.165, 1.54) is 12.5 Å². The van der Waals surface area contributed by atoms with Crippen molar-refractivity contribution in [1.82, 2.24) is 15.3 Å². The Morgan fingerprint density at radius 3 is 2.58 bits per heavy atom. The second kappa shape index (κ2) is 11.2. The number of furan rings is 1. The van der Waals surface area contributed by atoms with Gasteiger partial charge in [-0.15, -0.1) is 0 Å². The normalized spacial score (nSPS) is 14.5. The van der Waals surface area contributed by atoms with Crippen LogP contribution in [-0.4, -0.2) is 28.5 Å². The number of carbonyl (C=O) groups is 1. The Morgan fingerprint density at radius 2 is 1.82 bits per heavy atom. The highest BCUT2D eigenvalue weighted by Crippen LogP contribution is 2.33. The third-order valence-electron chi connectivity index (χ3n) is 6.94. The topological polar surface area (TPSA) is 71.3 Å². The van der Waals surface area contributed by atoms with Gasteiger partial charge < -0.3 is 14.6 Å². The van der Waals surface area contributed by atoms with Crippen LogP contribution in [0.25, 0.3) is 22.5 Å².